The molecule has 2 aromatic carbocycles. The molecule has 0 unspecified atom stereocenters. The van der Waals surface area contributed by atoms with Gasteiger partial charge in [0, 0.05) is 33.6 Å². The third-order valence-corrected chi connectivity index (χ3v) is 7.89. The van der Waals surface area contributed by atoms with Gasteiger partial charge in [0.25, 0.3) is 0 Å². The van der Waals surface area contributed by atoms with E-state index < -0.39 is 38.3 Å². The number of esters is 2. The quantitative estimate of drug-likeness (QED) is 0.0726. The normalized spacial score (nSPS) is 14.6. The van der Waals surface area contributed by atoms with Gasteiger partial charge in [0.2, 0.25) is 6.10 Å². The third-order valence-electron chi connectivity index (χ3n) is 6.18. The molecule has 0 amide bonds. The lowest BCUT2D eigenvalue weighted by Gasteiger charge is -2.28. The summed E-state index contributed by atoms with van der Waals surface area (Å²) < 4.78 is 28.9. The Hall–Kier alpha value is -2.78. The molecule has 0 heterocycles. The Bertz CT molecular complexity index is 1020. The molecule has 0 saturated carbocycles. The number of hydrogen-bond acceptors (Lipinski definition) is 7. The molecular formula is C31H44O7Si. The lowest BCUT2D eigenvalue weighted by Crippen LogP contribution is -2.35. The van der Waals surface area contributed by atoms with Crippen LogP contribution in [-0.2, 0) is 39.9 Å². The van der Waals surface area contributed by atoms with E-state index in [1.54, 1.807) is 24.3 Å². The minimum Gasteiger partial charge on any atom is -0.456 e. The Morgan fingerprint density at radius 3 is 2.10 bits per heavy atom. The minimum atomic E-state index is -1.19. The van der Waals surface area contributed by atoms with Crippen LogP contribution in [-0.4, -0.2) is 51.7 Å². The van der Waals surface area contributed by atoms with Crippen molar-refractivity contribution < 1.29 is 33.3 Å². The van der Waals surface area contributed by atoms with Crippen LogP contribution in [0.1, 0.15) is 44.4 Å². The van der Waals surface area contributed by atoms with Crippen molar-refractivity contribution in [1.82, 2.24) is 0 Å². The van der Waals surface area contributed by atoms with Crippen LogP contribution in [0.5, 0.6) is 0 Å². The van der Waals surface area contributed by atoms with E-state index in [1.165, 1.54) is 6.92 Å². The zero-order valence-electron chi connectivity index (χ0n) is 24.2. The van der Waals surface area contributed by atoms with Crippen molar-refractivity contribution in [2.24, 2.45) is 0 Å². The summed E-state index contributed by atoms with van der Waals surface area (Å²) in [6.07, 6.45) is -2.36. The first-order chi connectivity index (χ1) is 18.5. The van der Waals surface area contributed by atoms with Gasteiger partial charge in [0.15, 0.2) is 0 Å². The van der Waals surface area contributed by atoms with E-state index in [0.29, 0.717) is 25.2 Å². The first kappa shape index (κ1) is 32.4. The van der Waals surface area contributed by atoms with Crippen molar-refractivity contribution in [1.29, 1.82) is 0 Å². The molecular weight excluding hydrogens is 512 g/mol. The molecule has 0 aliphatic heterocycles. The van der Waals surface area contributed by atoms with Gasteiger partial charge in [-0.1, -0.05) is 86.9 Å². The van der Waals surface area contributed by atoms with Crippen LogP contribution in [0, 0.1) is 0 Å². The second-order valence-corrected chi connectivity index (χ2v) is 16.5. The predicted octanol–water partition coefficient (Wildman–Crippen LogP) is 6.47. The monoisotopic (exact) mass is 556 g/mol. The van der Waals surface area contributed by atoms with E-state index in [2.05, 4.69) is 26.2 Å². The average Bonchev–Trinajstić information content (AvgIpc) is 2.89. The Labute approximate surface area is 234 Å². The maximum absolute atomic E-state index is 13.3. The number of rotatable bonds is 17. The number of carbonyl (C=O) groups is 2. The highest BCUT2D eigenvalue weighted by Crippen LogP contribution is 2.24. The fraction of sp³-hybridized carbons (Fsp3) is 0.484. The van der Waals surface area contributed by atoms with Crippen molar-refractivity contribution in [3.63, 3.8) is 0 Å². The Balaban J connectivity index is 2.08. The minimum absolute atomic E-state index is 0.164. The Morgan fingerprint density at radius 1 is 0.897 bits per heavy atom. The van der Waals surface area contributed by atoms with E-state index in [1.807, 2.05) is 50.2 Å². The van der Waals surface area contributed by atoms with E-state index in [4.69, 9.17) is 23.7 Å². The Morgan fingerprint density at radius 2 is 1.51 bits per heavy atom. The fourth-order valence-electron chi connectivity index (χ4n) is 3.60. The molecule has 0 spiro atoms. The largest absolute Gasteiger partial charge is 0.456 e. The second kappa shape index (κ2) is 16.4. The van der Waals surface area contributed by atoms with Gasteiger partial charge < -0.3 is 23.7 Å². The highest BCUT2D eigenvalue weighted by atomic mass is 28.3. The summed E-state index contributed by atoms with van der Waals surface area (Å²) in [6.45, 7) is 17.3. The van der Waals surface area contributed by atoms with Gasteiger partial charge in [-0.05, 0) is 31.0 Å². The van der Waals surface area contributed by atoms with Gasteiger partial charge in [-0.3, -0.25) is 4.79 Å². The topological polar surface area (TPSA) is 80.3 Å². The second-order valence-electron chi connectivity index (χ2n) is 10.9. The molecule has 0 saturated heterocycles. The van der Waals surface area contributed by atoms with Crippen molar-refractivity contribution in [3.05, 3.63) is 83.9 Å². The number of ether oxygens (including phenoxy) is 5. The summed E-state index contributed by atoms with van der Waals surface area (Å²) in [5.74, 6) is -1.25. The highest BCUT2D eigenvalue weighted by Gasteiger charge is 2.31. The van der Waals surface area contributed by atoms with Crippen LogP contribution in [0.2, 0.25) is 25.7 Å². The van der Waals surface area contributed by atoms with Crippen LogP contribution in [0.25, 0.3) is 0 Å². The molecule has 39 heavy (non-hydrogen) atoms. The van der Waals surface area contributed by atoms with Crippen LogP contribution >= 0.6 is 0 Å². The molecule has 2 aromatic rings. The van der Waals surface area contributed by atoms with Crippen molar-refractivity contribution in [3.8, 4) is 0 Å². The molecule has 4 atom stereocenters. The first-order valence-corrected chi connectivity index (χ1v) is 17.1. The molecule has 0 aliphatic rings. The van der Waals surface area contributed by atoms with Crippen LogP contribution in [0.3, 0.4) is 0 Å². The maximum Gasteiger partial charge on any atom is 0.352 e. The standard InChI is InChI=1S/C31H44O7Si/c1-23(24(2)36-22-34-18-19-39(5,6)7)20-29(25(3)35-21-27-14-10-8-11-15-27)38-31(33)30(37-26(4)32)28-16-12-9-13-17-28/h8-17,24-25,29-30H,1,18-22H2,2-7H3/t24-,25+,29+,30+/m1/s1. The molecule has 0 fully saturated rings. The molecule has 214 valence electrons. The molecule has 0 aromatic heterocycles. The summed E-state index contributed by atoms with van der Waals surface area (Å²) in [6, 6.07) is 19.6. The van der Waals surface area contributed by atoms with E-state index in [0.717, 1.165) is 17.2 Å². The smallest absolute Gasteiger partial charge is 0.352 e. The number of benzene rings is 2. The predicted molar refractivity (Wildman–Crippen MR) is 155 cm³/mol. The van der Waals surface area contributed by atoms with Crippen molar-refractivity contribution in [2.75, 3.05) is 13.4 Å². The molecule has 0 N–H and O–H groups in total. The zero-order valence-corrected chi connectivity index (χ0v) is 25.2. The molecule has 2 rings (SSSR count). The van der Waals surface area contributed by atoms with Crippen LogP contribution < -0.4 is 0 Å². The first-order valence-electron chi connectivity index (χ1n) is 13.4. The zero-order chi connectivity index (χ0) is 28.8. The van der Waals surface area contributed by atoms with E-state index in [-0.39, 0.29) is 12.9 Å². The SMILES string of the molecule is C=C(C[C@H](OC(=O)[C@@H](OC(C)=O)c1ccccc1)[C@H](C)OCc1ccccc1)[C@@H](C)OCOCC[Si](C)(C)C. The van der Waals surface area contributed by atoms with Gasteiger partial charge >= 0.3 is 11.9 Å². The number of hydrogen-bond donors (Lipinski definition) is 0. The molecule has 7 nitrogen and oxygen atoms in total. The van der Waals surface area contributed by atoms with Gasteiger partial charge in [-0.15, -0.1) is 0 Å². The number of carbonyl (C=O) groups excluding carboxylic acids is 2. The maximum atomic E-state index is 13.3. The van der Waals surface area contributed by atoms with Gasteiger partial charge in [0.05, 0.1) is 18.8 Å². The molecule has 0 bridgehead atoms. The summed E-state index contributed by atoms with van der Waals surface area (Å²) in [7, 11) is -1.18. The summed E-state index contributed by atoms with van der Waals surface area (Å²) >= 11 is 0. The summed E-state index contributed by atoms with van der Waals surface area (Å²) in [5.41, 5.74) is 2.27. The van der Waals surface area contributed by atoms with Gasteiger partial charge in [0.1, 0.15) is 12.9 Å². The molecule has 8 heteroatoms. The fourth-order valence-corrected chi connectivity index (χ4v) is 4.36. The summed E-state index contributed by atoms with van der Waals surface area (Å²) in [4.78, 5) is 25.1. The van der Waals surface area contributed by atoms with Gasteiger partial charge in [-0.25, -0.2) is 4.79 Å². The highest BCUT2D eigenvalue weighted by molar-refractivity contribution is 6.76. The van der Waals surface area contributed by atoms with Crippen LogP contribution in [0.4, 0.5) is 0 Å². The van der Waals surface area contributed by atoms with E-state index in [9.17, 15) is 9.59 Å². The lowest BCUT2D eigenvalue weighted by atomic mass is 10.0. The van der Waals surface area contributed by atoms with Crippen molar-refractivity contribution in [2.45, 2.75) is 83.9 Å². The average molecular weight is 557 g/mol. The van der Waals surface area contributed by atoms with Gasteiger partial charge in [-0.2, -0.15) is 0 Å². The Kier molecular flexibility index (Phi) is 13.6. The lowest BCUT2D eigenvalue weighted by molar-refractivity contribution is -0.177. The van der Waals surface area contributed by atoms with E-state index >= 15 is 0 Å². The summed E-state index contributed by atoms with van der Waals surface area (Å²) in [5, 5.41) is 0. The third kappa shape index (κ3) is 12.7. The molecule has 0 radical (unpaired) electrons. The van der Waals surface area contributed by atoms with Crippen LogP contribution in [0.15, 0.2) is 72.8 Å². The molecule has 0 aliphatic carbocycles. The van der Waals surface area contributed by atoms with Crippen molar-refractivity contribution >= 4 is 20.0 Å².